The van der Waals surface area contributed by atoms with Crippen molar-refractivity contribution in [2.45, 2.75) is 6.42 Å². The highest BCUT2D eigenvalue weighted by atomic mass is 35.5. The van der Waals surface area contributed by atoms with Crippen LogP contribution >= 0.6 is 22.9 Å². The standard InChI is InChI=1S/C24H22ClN5OS/c25-19-9-7-18(8-10-19)22-21(17-30(27-22)20-5-2-1-3-6-20)23(31)28-12-4-13-29(15-14-28)24-26-11-16-32-24/h1-3,5-11,16-17H,4,12-15H2. The lowest BCUT2D eigenvalue weighted by molar-refractivity contribution is 0.0768. The van der Waals surface area contributed by atoms with E-state index in [2.05, 4.69) is 9.88 Å². The molecule has 2 aromatic heterocycles. The van der Waals surface area contributed by atoms with E-state index in [1.165, 1.54) is 0 Å². The molecule has 5 rings (SSSR count). The Labute approximate surface area is 195 Å². The van der Waals surface area contributed by atoms with Crippen LogP contribution in [0.1, 0.15) is 16.8 Å². The van der Waals surface area contributed by atoms with Gasteiger partial charge in [0.25, 0.3) is 5.91 Å². The lowest BCUT2D eigenvalue weighted by atomic mass is 10.1. The number of hydrogen-bond acceptors (Lipinski definition) is 5. The highest BCUT2D eigenvalue weighted by molar-refractivity contribution is 7.13. The zero-order chi connectivity index (χ0) is 21.9. The second-order valence-corrected chi connectivity index (χ2v) is 8.94. The molecular weight excluding hydrogens is 442 g/mol. The van der Waals surface area contributed by atoms with E-state index in [-0.39, 0.29) is 5.91 Å². The Bertz CT molecular complexity index is 1190. The summed E-state index contributed by atoms with van der Waals surface area (Å²) in [5.41, 5.74) is 3.04. The molecule has 2 aromatic carbocycles. The summed E-state index contributed by atoms with van der Waals surface area (Å²) >= 11 is 7.72. The van der Waals surface area contributed by atoms with Gasteiger partial charge in [0.15, 0.2) is 5.13 Å². The highest BCUT2D eigenvalue weighted by Crippen LogP contribution is 2.27. The Balaban J connectivity index is 1.46. The second kappa shape index (κ2) is 9.14. The monoisotopic (exact) mass is 463 g/mol. The van der Waals surface area contributed by atoms with Gasteiger partial charge in [0.1, 0.15) is 5.69 Å². The summed E-state index contributed by atoms with van der Waals surface area (Å²) in [6.07, 6.45) is 4.56. The first-order chi connectivity index (χ1) is 15.7. The summed E-state index contributed by atoms with van der Waals surface area (Å²) < 4.78 is 1.77. The van der Waals surface area contributed by atoms with Gasteiger partial charge in [-0.15, -0.1) is 11.3 Å². The molecule has 3 heterocycles. The van der Waals surface area contributed by atoms with Gasteiger partial charge >= 0.3 is 0 Å². The summed E-state index contributed by atoms with van der Waals surface area (Å²) in [5, 5.41) is 8.43. The van der Waals surface area contributed by atoms with Crippen molar-refractivity contribution in [3.63, 3.8) is 0 Å². The summed E-state index contributed by atoms with van der Waals surface area (Å²) in [7, 11) is 0. The zero-order valence-electron chi connectivity index (χ0n) is 17.4. The fraction of sp³-hybridized carbons (Fsp3) is 0.208. The highest BCUT2D eigenvalue weighted by Gasteiger charge is 2.26. The van der Waals surface area contributed by atoms with Crippen LogP contribution in [0.5, 0.6) is 0 Å². The normalized spacial score (nSPS) is 14.4. The molecule has 8 heteroatoms. The first-order valence-corrected chi connectivity index (χ1v) is 11.8. The molecule has 1 fully saturated rings. The average molecular weight is 464 g/mol. The quantitative estimate of drug-likeness (QED) is 0.427. The third kappa shape index (κ3) is 4.26. The molecule has 32 heavy (non-hydrogen) atoms. The van der Waals surface area contributed by atoms with Gasteiger partial charge in [0, 0.05) is 54.5 Å². The number of thiazole rings is 1. The molecule has 0 saturated carbocycles. The largest absolute Gasteiger partial charge is 0.346 e. The molecule has 1 aliphatic rings. The number of anilines is 1. The molecule has 6 nitrogen and oxygen atoms in total. The van der Waals surface area contributed by atoms with Crippen LogP contribution < -0.4 is 4.90 Å². The minimum absolute atomic E-state index is 0.00174. The Morgan fingerprint density at radius 1 is 0.969 bits per heavy atom. The van der Waals surface area contributed by atoms with Crippen LogP contribution in [0.3, 0.4) is 0 Å². The molecule has 0 N–H and O–H groups in total. The molecule has 1 amide bonds. The molecule has 4 aromatic rings. The number of para-hydroxylation sites is 1. The predicted octanol–water partition coefficient (Wildman–Crippen LogP) is 5.00. The third-order valence-electron chi connectivity index (χ3n) is 5.56. The Morgan fingerprint density at radius 3 is 2.53 bits per heavy atom. The van der Waals surface area contributed by atoms with E-state index in [0.717, 1.165) is 35.9 Å². The van der Waals surface area contributed by atoms with E-state index >= 15 is 0 Å². The molecule has 0 bridgehead atoms. The van der Waals surface area contributed by atoms with Gasteiger partial charge in [-0.25, -0.2) is 9.67 Å². The molecule has 0 radical (unpaired) electrons. The molecule has 162 valence electrons. The fourth-order valence-electron chi connectivity index (χ4n) is 3.92. The number of amides is 1. The SMILES string of the molecule is O=C(c1cn(-c2ccccc2)nc1-c1ccc(Cl)cc1)N1CCCN(c2nccs2)CC1. The van der Waals surface area contributed by atoms with Gasteiger partial charge in [-0.05, 0) is 30.7 Å². The topological polar surface area (TPSA) is 54.3 Å². The summed E-state index contributed by atoms with van der Waals surface area (Å²) in [5.74, 6) is -0.00174. The summed E-state index contributed by atoms with van der Waals surface area (Å²) in [4.78, 5) is 22.3. The van der Waals surface area contributed by atoms with Crippen molar-refractivity contribution >= 4 is 34.0 Å². The number of benzene rings is 2. The molecule has 1 aliphatic heterocycles. The van der Waals surface area contributed by atoms with Crippen LogP contribution in [0.15, 0.2) is 72.4 Å². The Hall–Kier alpha value is -3.16. The number of hydrogen-bond donors (Lipinski definition) is 0. The van der Waals surface area contributed by atoms with Crippen molar-refractivity contribution in [2.24, 2.45) is 0 Å². The summed E-state index contributed by atoms with van der Waals surface area (Å²) in [6.45, 7) is 3.01. The Morgan fingerprint density at radius 2 is 1.78 bits per heavy atom. The number of carbonyl (C=O) groups excluding carboxylic acids is 1. The average Bonchev–Trinajstić information content (AvgIpc) is 3.46. The van der Waals surface area contributed by atoms with Gasteiger partial charge in [-0.1, -0.05) is 41.9 Å². The van der Waals surface area contributed by atoms with E-state index in [0.29, 0.717) is 29.4 Å². The second-order valence-electron chi connectivity index (χ2n) is 7.63. The van der Waals surface area contributed by atoms with Crippen molar-refractivity contribution in [1.82, 2.24) is 19.7 Å². The van der Waals surface area contributed by atoms with E-state index in [1.54, 1.807) is 16.0 Å². The zero-order valence-corrected chi connectivity index (χ0v) is 19.0. The molecule has 1 saturated heterocycles. The molecule has 0 atom stereocenters. The van der Waals surface area contributed by atoms with Gasteiger partial charge in [-0.3, -0.25) is 4.79 Å². The van der Waals surface area contributed by atoms with E-state index in [9.17, 15) is 4.79 Å². The maximum absolute atomic E-state index is 13.7. The molecule has 0 unspecified atom stereocenters. The number of rotatable bonds is 4. The lowest BCUT2D eigenvalue weighted by Gasteiger charge is -2.21. The van der Waals surface area contributed by atoms with Crippen molar-refractivity contribution in [3.05, 3.63) is 83.0 Å². The maximum atomic E-state index is 13.7. The minimum atomic E-state index is -0.00174. The van der Waals surface area contributed by atoms with E-state index < -0.39 is 0 Å². The summed E-state index contributed by atoms with van der Waals surface area (Å²) in [6, 6.07) is 17.3. The number of carbonyl (C=O) groups is 1. The van der Waals surface area contributed by atoms with Crippen LogP contribution in [-0.4, -0.2) is 51.8 Å². The predicted molar refractivity (Wildman–Crippen MR) is 129 cm³/mol. The van der Waals surface area contributed by atoms with Gasteiger partial charge in [0.05, 0.1) is 11.3 Å². The van der Waals surface area contributed by atoms with Crippen LogP contribution in [0.2, 0.25) is 5.02 Å². The number of aromatic nitrogens is 3. The van der Waals surface area contributed by atoms with Crippen molar-refractivity contribution in [1.29, 1.82) is 0 Å². The van der Waals surface area contributed by atoms with E-state index in [4.69, 9.17) is 16.7 Å². The maximum Gasteiger partial charge on any atom is 0.257 e. The van der Waals surface area contributed by atoms with Crippen LogP contribution in [-0.2, 0) is 0 Å². The first kappa shape index (κ1) is 20.7. The molecule has 0 spiro atoms. The van der Waals surface area contributed by atoms with E-state index in [1.807, 2.05) is 77.3 Å². The number of halogens is 1. The first-order valence-electron chi connectivity index (χ1n) is 10.5. The fourth-order valence-corrected chi connectivity index (χ4v) is 4.74. The molecular formula is C24H22ClN5OS. The number of nitrogens with zero attached hydrogens (tertiary/aromatic N) is 5. The molecule has 0 aliphatic carbocycles. The van der Waals surface area contributed by atoms with Crippen molar-refractivity contribution in [3.8, 4) is 16.9 Å². The van der Waals surface area contributed by atoms with Crippen molar-refractivity contribution in [2.75, 3.05) is 31.1 Å². The van der Waals surface area contributed by atoms with Gasteiger partial charge in [-0.2, -0.15) is 5.10 Å². The van der Waals surface area contributed by atoms with Crippen LogP contribution in [0.4, 0.5) is 5.13 Å². The minimum Gasteiger partial charge on any atom is -0.346 e. The van der Waals surface area contributed by atoms with Crippen LogP contribution in [0, 0.1) is 0 Å². The lowest BCUT2D eigenvalue weighted by Crippen LogP contribution is -2.35. The smallest absolute Gasteiger partial charge is 0.257 e. The van der Waals surface area contributed by atoms with Crippen molar-refractivity contribution < 1.29 is 4.79 Å². The van der Waals surface area contributed by atoms with Crippen LogP contribution in [0.25, 0.3) is 16.9 Å². The Kier molecular flexibility index (Phi) is 5.92. The van der Waals surface area contributed by atoms with Gasteiger partial charge < -0.3 is 9.80 Å². The van der Waals surface area contributed by atoms with Gasteiger partial charge in [0.2, 0.25) is 0 Å². The third-order valence-corrected chi connectivity index (χ3v) is 6.64.